The molecule has 172 valence electrons. The molecular formula is C21H31N3O5S2. The summed E-state index contributed by atoms with van der Waals surface area (Å²) in [6.45, 7) is 4.97. The van der Waals surface area contributed by atoms with Gasteiger partial charge in [0, 0.05) is 32.1 Å². The maximum absolute atomic E-state index is 12.4. The number of hydrogen-bond acceptors (Lipinski definition) is 7. The van der Waals surface area contributed by atoms with E-state index in [1.54, 1.807) is 24.3 Å². The summed E-state index contributed by atoms with van der Waals surface area (Å²) in [6.07, 6.45) is 4.92. The number of nitrogens with zero attached hydrogens (tertiary/aromatic N) is 2. The number of aromatic nitrogens is 1. The van der Waals surface area contributed by atoms with E-state index in [4.69, 9.17) is 4.74 Å². The number of sulfone groups is 1. The molecule has 0 saturated heterocycles. The fourth-order valence-electron chi connectivity index (χ4n) is 2.97. The Morgan fingerprint density at radius 3 is 2.26 bits per heavy atom. The molecule has 0 aliphatic rings. The summed E-state index contributed by atoms with van der Waals surface area (Å²) in [4.78, 5) is 6.60. The molecule has 0 amide bonds. The Balaban J connectivity index is 1.84. The molecule has 0 spiro atoms. The van der Waals surface area contributed by atoms with Crippen molar-refractivity contribution in [3.05, 3.63) is 42.6 Å². The Morgan fingerprint density at radius 1 is 1.06 bits per heavy atom. The van der Waals surface area contributed by atoms with Crippen molar-refractivity contribution in [1.29, 1.82) is 0 Å². The van der Waals surface area contributed by atoms with Crippen LogP contribution in [-0.4, -0.2) is 54.3 Å². The van der Waals surface area contributed by atoms with Gasteiger partial charge in [0.25, 0.3) is 0 Å². The van der Waals surface area contributed by atoms with Crippen molar-refractivity contribution in [3.8, 4) is 5.75 Å². The van der Waals surface area contributed by atoms with Gasteiger partial charge in [-0.05, 0) is 56.2 Å². The zero-order valence-corrected chi connectivity index (χ0v) is 20.0. The number of sulfonamides is 1. The molecule has 1 unspecified atom stereocenters. The van der Waals surface area contributed by atoms with Crippen molar-refractivity contribution in [2.75, 3.05) is 31.4 Å². The molecule has 1 aromatic carbocycles. The number of ether oxygens (including phenoxy) is 1. The number of hydrogen-bond donors (Lipinski definition) is 1. The van der Waals surface area contributed by atoms with Crippen LogP contribution < -0.4 is 14.4 Å². The van der Waals surface area contributed by atoms with Crippen molar-refractivity contribution in [1.82, 2.24) is 9.71 Å². The van der Waals surface area contributed by atoms with Crippen LogP contribution >= 0.6 is 0 Å². The summed E-state index contributed by atoms with van der Waals surface area (Å²) in [5.41, 5.74) is 0. The molecule has 2 rings (SSSR count). The van der Waals surface area contributed by atoms with E-state index in [2.05, 4.69) is 9.71 Å². The molecule has 31 heavy (non-hydrogen) atoms. The third kappa shape index (κ3) is 7.79. The van der Waals surface area contributed by atoms with Crippen LogP contribution in [0.2, 0.25) is 0 Å². The minimum atomic E-state index is -3.58. The van der Waals surface area contributed by atoms with Crippen LogP contribution in [0.1, 0.15) is 33.1 Å². The van der Waals surface area contributed by atoms with E-state index in [1.807, 2.05) is 25.8 Å². The molecule has 10 heteroatoms. The fraction of sp³-hybridized carbons (Fsp3) is 0.476. The Bertz CT molecular complexity index is 1040. The second-order valence-electron chi connectivity index (χ2n) is 7.53. The minimum absolute atomic E-state index is 0.125. The molecule has 0 saturated carbocycles. The molecule has 2 aromatic rings. The van der Waals surface area contributed by atoms with Crippen molar-refractivity contribution in [2.45, 2.75) is 48.9 Å². The predicted octanol–water partition coefficient (Wildman–Crippen LogP) is 2.86. The normalized spacial score (nSPS) is 13.0. The van der Waals surface area contributed by atoms with Crippen LogP contribution in [0.5, 0.6) is 5.75 Å². The van der Waals surface area contributed by atoms with Gasteiger partial charge in [0.2, 0.25) is 10.0 Å². The van der Waals surface area contributed by atoms with Gasteiger partial charge in [-0.2, -0.15) is 0 Å². The SMILES string of the molecule is CCCC(C)NS(=O)(=O)c1ccc(N(C)CCCOc2ccc(S(C)(=O)=O)cc2)nc1. The summed E-state index contributed by atoms with van der Waals surface area (Å²) >= 11 is 0. The van der Waals surface area contributed by atoms with Crippen LogP contribution in [0.3, 0.4) is 0 Å². The highest BCUT2D eigenvalue weighted by Gasteiger charge is 2.17. The maximum Gasteiger partial charge on any atom is 0.242 e. The Morgan fingerprint density at radius 2 is 1.71 bits per heavy atom. The highest BCUT2D eigenvalue weighted by Crippen LogP contribution is 2.17. The quantitative estimate of drug-likeness (QED) is 0.477. The van der Waals surface area contributed by atoms with Gasteiger partial charge >= 0.3 is 0 Å². The van der Waals surface area contributed by atoms with E-state index in [0.29, 0.717) is 31.1 Å². The average molecular weight is 470 g/mol. The maximum atomic E-state index is 12.4. The Kier molecular flexibility index (Phi) is 8.84. The summed E-state index contributed by atoms with van der Waals surface area (Å²) in [5, 5.41) is 0. The lowest BCUT2D eigenvalue weighted by molar-refractivity contribution is 0.312. The number of benzene rings is 1. The zero-order chi connectivity index (χ0) is 23.1. The summed E-state index contributed by atoms with van der Waals surface area (Å²) in [6, 6.07) is 9.43. The van der Waals surface area contributed by atoms with Crippen molar-refractivity contribution < 1.29 is 21.6 Å². The fourth-order valence-corrected chi connectivity index (χ4v) is 4.82. The van der Waals surface area contributed by atoms with E-state index in [9.17, 15) is 16.8 Å². The average Bonchev–Trinajstić information content (AvgIpc) is 2.70. The number of pyridine rings is 1. The molecule has 0 bridgehead atoms. The molecule has 1 atom stereocenters. The highest BCUT2D eigenvalue weighted by molar-refractivity contribution is 7.90. The van der Waals surface area contributed by atoms with Gasteiger partial charge in [-0.1, -0.05) is 13.3 Å². The van der Waals surface area contributed by atoms with Gasteiger partial charge in [-0.3, -0.25) is 0 Å². The van der Waals surface area contributed by atoms with E-state index >= 15 is 0 Å². The first-order valence-electron chi connectivity index (χ1n) is 10.2. The van der Waals surface area contributed by atoms with Crippen molar-refractivity contribution in [3.63, 3.8) is 0 Å². The molecular weight excluding hydrogens is 438 g/mol. The summed E-state index contributed by atoms with van der Waals surface area (Å²) in [7, 11) is -4.92. The third-order valence-electron chi connectivity index (χ3n) is 4.66. The zero-order valence-electron chi connectivity index (χ0n) is 18.4. The Labute approximate surface area is 185 Å². The van der Waals surface area contributed by atoms with E-state index < -0.39 is 19.9 Å². The van der Waals surface area contributed by atoms with Crippen LogP contribution in [0, 0.1) is 0 Å². The second-order valence-corrected chi connectivity index (χ2v) is 11.3. The molecule has 1 N–H and O–H groups in total. The standard InChI is InChI=1S/C21H31N3O5S2/c1-5-7-17(2)23-31(27,28)20-12-13-21(22-16-20)24(3)14-6-15-29-18-8-10-19(11-9-18)30(4,25)26/h8-13,16-17,23H,5-7,14-15H2,1-4H3. The van der Waals surface area contributed by atoms with E-state index in [0.717, 1.165) is 19.1 Å². The number of anilines is 1. The van der Waals surface area contributed by atoms with Crippen molar-refractivity contribution >= 4 is 25.7 Å². The van der Waals surface area contributed by atoms with Gasteiger partial charge in [0.15, 0.2) is 9.84 Å². The van der Waals surface area contributed by atoms with Crippen molar-refractivity contribution in [2.24, 2.45) is 0 Å². The molecule has 8 nitrogen and oxygen atoms in total. The first-order chi connectivity index (χ1) is 14.5. The summed E-state index contributed by atoms with van der Waals surface area (Å²) in [5.74, 6) is 1.27. The minimum Gasteiger partial charge on any atom is -0.494 e. The lowest BCUT2D eigenvalue weighted by Crippen LogP contribution is -2.32. The van der Waals surface area contributed by atoms with Crippen LogP contribution in [0.15, 0.2) is 52.4 Å². The van der Waals surface area contributed by atoms with Gasteiger partial charge in [-0.15, -0.1) is 0 Å². The largest absolute Gasteiger partial charge is 0.494 e. The van der Waals surface area contributed by atoms with Crippen LogP contribution in [-0.2, 0) is 19.9 Å². The Hall–Kier alpha value is -2.17. The van der Waals surface area contributed by atoms with Gasteiger partial charge in [-0.25, -0.2) is 26.5 Å². The van der Waals surface area contributed by atoms with Crippen LogP contribution in [0.25, 0.3) is 0 Å². The molecule has 0 fully saturated rings. The second kappa shape index (κ2) is 10.9. The van der Waals surface area contributed by atoms with E-state index in [1.165, 1.54) is 18.3 Å². The van der Waals surface area contributed by atoms with Gasteiger partial charge in [0.1, 0.15) is 16.5 Å². The van der Waals surface area contributed by atoms with E-state index in [-0.39, 0.29) is 15.8 Å². The molecule has 0 radical (unpaired) electrons. The lowest BCUT2D eigenvalue weighted by atomic mass is 10.2. The molecule has 0 aliphatic carbocycles. The van der Waals surface area contributed by atoms with Crippen LogP contribution in [0.4, 0.5) is 5.82 Å². The van der Waals surface area contributed by atoms with Gasteiger partial charge < -0.3 is 9.64 Å². The smallest absolute Gasteiger partial charge is 0.242 e. The highest BCUT2D eigenvalue weighted by atomic mass is 32.2. The predicted molar refractivity (Wildman–Crippen MR) is 122 cm³/mol. The first kappa shape index (κ1) is 25.1. The first-order valence-corrected chi connectivity index (χ1v) is 13.5. The monoisotopic (exact) mass is 469 g/mol. The molecule has 0 aliphatic heterocycles. The number of nitrogens with one attached hydrogen (secondary N) is 1. The lowest BCUT2D eigenvalue weighted by Gasteiger charge is -2.19. The molecule has 1 heterocycles. The summed E-state index contributed by atoms with van der Waals surface area (Å²) < 4.78 is 56.1. The number of rotatable bonds is 12. The third-order valence-corrected chi connectivity index (χ3v) is 7.36. The van der Waals surface area contributed by atoms with Gasteiger partial charge in [0.05, 0.1) is 11.5 Å². The topological polar surface area (TPSA) is 106 Å². The molecule has 1 aromatic heterocycles.